The van der Waals surface area contributed by atoms with Gasteiger partial charge >= 0.3 is 11.9 Å². The summed E-state index contributed by atoms with van der Waals surface area (Å²) in [5, 5.41) is 38.0. The highest BCUT2D eigenvalue weighted by Crippen LogP contribution is 2.25. The first-order valence-corrected chi connectivity index (χ1v) is 5.74. The molecule has 4 atom stereocenters. The Kier molecular flexibility index (Phi) is 5.27. The van der Waals surface area contributed by atoms with E-state index in [4.69, 9.17) is 9.47 Å². The van der Waals surface area contributed by atoms with Crippen molar-refractivity contribution in [1.29, 1.82) is 0 Å². The molecule has 8 heteroatoms. The summed E-state index contributed by atoms with van der Waals surface area (Å²) in [7, 11) is 0. The average molecular weight is 278 g/mol. The van der Waals surface area contributed by atoms with Gasteiger partial charge in [0.2, 0.25) is 0 Å². The number of carbonyl (C=O) groups excluding carboxylic acids is 1. The maximum absolute atomic E-state index is 11.3. The third kappa shape index (κ3) is 3.64. The first kappa shape index (κ1) is 15.9. The lowest BCUT2D eigenvalue weighted by Crippen LogP contribution is -2.61. The van der Waals surface area contributed by atoms with E-state index in [9.17, 15) is 25.2 Å². The van der Waals surface area contributed by atoms with Gasteiger partial charge in [-0.25, -0.2) is 4.79 Å². The second-order valence-electron chi connectivity index (χ2n) is 4.08. The van der Waals surface area contributed by atoms with Crippen LogP contribution in [0.25, 0.3) is 0 Å². The van der Waals surface area contributed by atoms with Crippen LogP contribution in [0.15, 0.2) is 11.8 Å². The van der Waals surface area contributed by atoms with Crippen LogP contribution in [-0.2, 0) is 19.0 Å². The van der Waals surface area contributed by atoms with E-state index < -0.39 is 36.9 Å². The van der Waals surface area contributed by atoms with Gasteiger partial charge < -0.3 is 34.6 Å². The topological polar surface area (TPSA) is 126 Å². The van der Waals surface area contributed by atoms with Crippen LogP contribution in [0.5, 0.6) is 0 Å². The third-order valence-corrected chi connectivity index (χ3v) is 2.55. The molecule has 0 spiro atoms. The van der Waals surface area contributed by atoms with Crippen molar-refractivity contribution in [1.82, 2.24) is 0 Å². The average Bonchev–Trinajstić information content (AvgIpc) is 2.39. The largest absolute Gasteiger partial charge is 0.463 e. The summed E-state index contributed by atoms with van der Waals surface area (Å²) in [4.78, 5) is 11.3. The standard InChI is InChI=1S/C11H18O8/c1-3-17-10(15)6(2)4-18-11(16)9(14)8(13)7(12)5-19-11/h4,7-9,12-14,16H,3,5H2,1-2H3/b6-4+/t7-,8+,9-,11?/m1/s1. The van der Waals surface area contributed by atoms with Gasteiger partial charge in [0, 0.05) is 0 Å². The van der Waals surface area contributed by atoms with Crippen molar-refractivity contribution in [3.8, 4) is 0 Å². The highest BCUT2D eigenvalue weighted by Gasteiger charge is 2.50. The minimum absolute atomic E-state index is 0.0340. The lowest BCUT2D eigenvalue weighted by Gasteiger charge is -2.39. The molecule has 19 heavy (non-hydrogen) atoms. The van der Waals surface area contributed by atoms with E-state index in [1.165, 1.54) is 6.92 Å². The Morgan fingerprint density at radius 2 is 2.11 bits per heavy atom. The first-order chi connectivity index (χ1) is 8.81. The molecule has 0 aromatic carbocycles. The van der Waals surface area contributed by atoms with Crippen molar-refractivity contribution in [3.63, 3.8) is 0 Å². The summed E-state index contributed by atoms with van der Waals surface area (Å²) >= 11 is 0. The van der Waals surface area contributed by atoms with Crippen LogP contribution in [0.3, 0.4) is 0 Å². The summed E-state index contributed by atoms with van der Waals surface area (Å²) in [6.45, 7) is 2.76. The molecule has 0 aromatic heterocycles. The van der Waals surface area contributed by atoms with Crippen molar-refractivity contribution in [2.75, 3.05) is 13.2 Å². The Bertz CT molecular complexity index is 355. The number of rotatable bonds is 4. The van der Waals surface area contributed by atoms with Crippen molar-refractivity contribution in [2.24, 2.45) is 0 Å². The summed E-state index contributed by atoms with van der Waals surface area (Å²) in [5.41, 5.74) is 0.0340. The molecule has 0 bridgehead atoms. The van der Waals surface area contributed by atoms with E-state index in [0.717, 1.165) is 6.26 Å². The second-order valence-corrected chi connectivity index (χ2v) is 4.08. The van der Waals surface area contributed by atoms with E-state index in [2.05, 4.69) is 4.74 Å². The molecular weight excluding hydrogens is 260 g/mol. The fraction of sp³-hybridized carbons (Fsp3) is 0.727. The minimum atomic E-state index is -2.54. The Labute approximate surface area is 109 Å². The van der Waals surface area contributed by atoms with Crippen molar-refractivity contribution in [2.45, 2.75) is 38.1 Å². The molecule has 1 unspecified atom stereocenters. The van der Waals surface area contributed by atoms with Crippen molar-refractivity contribution in [3.05, 3.63) is 11.8 Å². The third-order valence-electron chi connectivity index (χ3n) is 2.55. The number of aliphatic hydroxyl groups is 4. The van der Waals surface area contributed by atoms with Gasteiger partial charge in [-0.3, -0.25) is 0 Å². The van der Waals surface area contributed by atoms with Crippen LogP contribution in [0.1, 0.15) is 13.8 Å². The molecule has 1 rings (SSSR count). The molecule has 0 radical (unpaired) electrons. The van der Waals surface area contributed by atoms with Crippen LogP contribution in [-0.4, -0.2) is 63.9 Å². The van der Waals surface area contributed by atoms with Gasteiger partial charge in [0.1, 0.15) is 12.2 Å². The number of hydrogen-bond donors (Lipinski definition) is 4. The Morgan fingerprint density at radius 1 is 1.47 bits per heavy atom. The van der Waals surface area contributed by atoms with E-state index in [0.29, 0.717) is 0 Å². The predicted molar refractivity (Wildman–Crippen MR) is 60.4 cm³/mol. The summed E-state index contributed by atoms with van der Waals surface area (Å²) < 4.78 is 14.2. The normalized spacial score (nSPS) is 35.9. The van der Waals surface area contributed by atoms with Gasteiger partial charge in [-0.05, 0) is 13.8 Å². The molecule has 1 saturated heterocycles. The van der Waals surface area contributed by atoms with Crippen LogP contribution >= 0.6 is 0 Å². The molecule has 1 aliphatic rings. The molecule has 1 aliphatic heterocycles. The van der Waals surface area contributed by atoms with Crippen LogP contribution in [0.2, 0.25) is 0 Å². The second kappa shape index (κ2) is 6.31. The molecule has 0 amide bonds. The fourth-order valence-corrected chi connectivity index (χ4v) is 1.38. The van der Waals surface area contributed by atoms with E-state index in [1.807, 2.05) is 0 Å². The maximum Gasteiger partial charge on any atom is 0.354 e. The van der Waals surface area contributed by atoms with Gasteiger partial charge in [0.05, 0.1) is 25.0 Å². The molecule has 110 valence electrons. The maximum atomic E-state index is 11.3. The van der Waals surface area contributed by atoms with Gasteiger partial charge in [-0.2, -0.15) is 0 Å². The SMILES string of the molecule is CCOC(=O)/C(C)=C/OC1(O)OC[C@@H](O)[C@H](O)[C@H]1O. The Hall–Kier alpha value is -1.19. The molecule has 0 aromatic rings. The van der Waals surface area contributed by atoms with Gasteiger partial charge in [0.15, 0.2) is 6.10 Å². The molecule has 8 nitrogen and oxygen atoms in total. The van der Waals surface area contributed by atoms with Crippen LogP contribution in [0, 0.1) is 0 Å². The summed E-state index contributed by atoms with van der Waals surface area (Å²) in [6.07, 6.45) is -4.00. The molecule has 4 N–H and O–H groups in total. The fourth-order valence-electron chi connectivity index (χ4n) is 1.38. The molecule has 0 aliphatic carbocycles. The zero-order chi connectivity index (χ0) is 14.6. The van der Waals surface area contributed by atoms with Crippen LogP contribution in [0.4, 0.5) is 0 Å². The van der Waals surface area contributed by atoms with E-state index in [-0.39, 0.29) is 12.2 Å². The Balaban J connectivity index is 2.70. The van der Waals surface area contributed by atoms with Crippen molar-refractivity contribution < 1.29 is 39.4 Å². The summed E-state index contributed by atoms with van der Waals surface area (Å²) in [5.74, 6) is -3.19. The molecule has 1 fully saturated rings. The number of hydrogen-bond acceptors (Lipinski definition) is 8. The first-order valence-electron chi connectivity index (χ1n) is 5.74. The lowest BCUT2D eigenvalue weighted by molar-refractivity contribution is -0.415. The van der Waals surface area contributed by atoms with Crippen molar-refractivity contribution >= 4 is 5.97 Å². The molecule has 0 saturated carbocycles. The number of carbonyl (C=O) groups is 1. The minimum Gasteiger partial charge on any atom is -0.463 e. The van der Waals surface area contributed by atoms with E-state index in [1.54, 1.807) is 6.92 Å². The highest BCUT2D eigenvalue weighted by atomic mass is 16.8. The number of ether oxygens (including phenoxy) is 3. The highest BCUT2D eigenvalue weighted by molar-refractivity contribution is 5.87. The quantitative estimate of drug-likeness (QED) is 0.206. The zero-order valence-electron chi connectivity index (χ0n) is 10.6. The van der Waals surface area contributed by atoms with Gasteiger partial charge in [-0.1, -0.05) is 0 Å². The lowest BCUT2D eigenvalue weighted by atomic mass is 10.0. The van der Waals surface area contributed by atoms with Gasteiger partial charge in [0.25, 0.3) is 0 Å². The Morgan fingerprint density at radius 3 is 2.68 bits per heavy atom. The number of aliphatic hydroxyl groups excluding tert-OH is 3. The monoisotopic (exact) mass is 278 g/mol. The molecule has 1 heterocycles. The molecular formula is C11H18O8. The smallest absolute Gasteiger partial charge is 0.354 e. The number of esters is 1. The van der Waals surface area contributed by atoms with E-state index >= 15 is 0 Å². The van der Waals surface area contributed by atoms with Crippen LogP contribution < -0.4 is 0 Å². The zero-order valence-corrected chi connectivity index (χ0v) is 10.6. The predicted octanol–water partition coefficient (Wildman–Crippen LogP) is -1.77. The van der Waals surface area contributed by atoms with Gasteiger partial charge in [-0.15, -0.1) is 0 Å². The summed E-state index contributed by atoms with van der Waals surface area (Å²) in [6, 6.07) is 0.